The zero-order chi connectivity index (χ0) is 41.7. The third-order valence-electron chi connectivity index (χ3n) is 13.4. The number of anilines is 2. The number of nitrogens with zero attached hydrogens (tertiary/aromatic N) is 4. The molecule has 5 aliphatic heterocycles. The number of hydrogen-bond acceptors (Lipinski definition) is 14. The van der Waals surface area contributed by atoms with Gasteiger partial charge in [-0.05, 0) is 121 Å². The number of phenols is 1. The van der Waals surface area contributed by atoms with Crippen molar-refractivity contribution in [2.75, 3.05) is 31.6 Å². The minimum atomic E-state index is -1.12. The summed E-state index contributed by atoms with van der Waals surface area (Å²) in [5, 5.41) is 15.2. The van der Waals surface area contributed by atoms with Crippen LogP contribution in [0.5, 0.6) is 11.5 Å². The van der Waals surface area contributed by atoms with Crippen molar-refractivity contribution in [3.05, 3.63) is 91.7 Å². The summed E-state index contributed by atoms with van der Waals surface area (Å²) in [5.41, 5.74) is 19.6. The molecule has 60 heavy (non-hydrogen) atoms. The number of carbonyl (C=O) groups is 1. The fourth-order valence-corrected chi connectivity index (χ4v) is 10.6. The van der Waals surface area contributed by atoms with Crippen molar-refractivity contribution < 1.29 is 28.5 Å². The van der Waals surface area contributed by atoms with E-state index in [-0.39, 0.29) is 34.2 Å². The number of epoxide rings is 1. The molecule has 14 heteroatoms. The maximum atomic E-state index is 14.5. The van der Waals surface area contributed by atoms with E-state index in [1.54, 1.807) is 13.0 Å². The number of aromatic hydroxyl groups is 1. The highest BCUT2D eigenvalue weighted by atomic mass is 16.7. The van der Waals surface area contributed by atoms with Crippen LogP contribution in [0.1, 0.15) is 85.6 Å². The van der Waals surface area contributed by atoms with Gasteiger partial charge in [-0.25, -0.2) is 14.8 Å². The quantitative estimate of drug-likeness (QED) is 0.134. The highest BCUT2D eigenvalue weighted by Gasteiger charge is 2.65. The Kier molecular flexibility index (Phi) is 9.10. The first-order chi connectivity index (χ1) is 28.8. The molecule has 2 fully saturated rings. The van der Waals surface area contributed by atoms with E-state index < -0.39 is 29.2 Å². The highest BCUT2D eigenvalue weighted by molar-refractivity contribution is 5.88. The van der Waals surface area contributed by atoms with Gasteiger partial charge >= 0.3 is 5.97 Å². The molecule has 8 heterocycles. The van der Waals surface area contributed by atoms with Crippen LogP contribution in [0.3, 0.4) is 0 Å². The van der Waals surface area contributed by atoms with Gasteiger partial charge in [0, 0.05) is 59.3 Å². The van der Waals surface area contributed by atoms with Crippen LogP contribution >= 0.6 is 0 Å². The molecule has 5 atom stereocenters. The lowest BCUT2D eigenvalue weighted by atomic mass is 9.75. The molecule has 1 spiro atoms. The third-order valence-corrected chi connectivity index (χ3v) is 13.4. The molecule has 0 unspecified atom stereocenters. The molecule has 2 saturated heterocycles. The minimum absolute atomic E-state index is 0.0917. The van der Waals surface area contributed by atoms with Crippen LogP contribution in [-0.4, -0.2) is 75.7 Å². The minimum Gasteiger partial charge on any atom is -0.507 e. The Bertz CT molecular complexity index is 2630. The first kappa shape index (κ1) is 38.5. The van der Waals surface area contributed by atoms with Crippen LogP contribution in [0.25, 0.3) is 22.2 Å². The van der Waals surface area contributed by atoms with Gasteiger partial charge < -0.3 is 45.4 Å². The fourth-order valence-electron chi connectivity index (χ4n) is 10.6. The second kappa shape index (κ2) is 14.2. The number of pyridine rings is 2. The Balaban J connectivity index is 0.927. The number of benzene rings is 1. The first-order valence-electron chi connectivity index (χ1n) is 21.1. The molecule has 10 rings (SSSR count). The molecular weight excluding hydrogens is 763 g/mol. The second-order valence-electron chi connectivity index (χ2n) is 17.9. The molecule has 6 N–H and O–H groups in total. The molecule has 4 aromatic rings. The molecule has 0 bridgehead atoms. The molecule has 0 saturated carbocycles. The van der Waals surface area contributed by atoms with Crippen molar-refractivity contribution in [1.29, 1.82) is 0 Å². The van der Waals surface area contributed by atoms with Gasteiger partial charge in [0.1, 0.15) is 51.6 Å². The van der Waals surface area contributed by atoms with Crippen molar-refractivity contribution in [2.45, 2.75) is 108 Å². The lowest BCUT2D eigenvalue weighted by molar-refractivity contribution is -0.170. The predicted molar refractivity (Wildman–Crippen MR) is 227 cm³/mol. The average molecular weight is 814 g/mol. The Hall–Kier alpha value is -5.73. The Morgan fingerprint density at radius 2 is 1.92 bits per heavy atom. The summed E-state index contributed by atoms with van der Waals surface area (Å²) in [6, 6.07) is 7.12. The lowest BCUT2D eigenvalue weighted by Gasteiger charge is -2.45. The molecule has 0 amide bonds. The zero-order valence-corrected chi connectivity index (χ0v) is 34.5. The third kappa shape index (κ3) is 6.42. The standard InChI is InChI=1S/C46H51N7O7/c1-23-14-33(54)39-34(57-23)18-35-38(41(39)55)31-15-24(19-49-4)10-12-46(44(56)58-42(31)45(2,3)59-35)36(60-46)9-8-25-16-37(47)52-40-28(25)6-5-7-29-30(40)17-27(51-43(29)48)21-53-20-26-11-13-50-32(26)22-53/h11,13-14,16-18,22,24,31,36,42,49,55H,5-10,12,15,19-21H2,1-4H3,(H2,47,52)(H2,48,51)/t24-,31-,36-,42-,46-/m1/s1. The molecule has 1 aromatic carbocycles. The molecule has 312 valence electrons. The van der Waals surface area contributed by atoms with Crippen LogP contribution in [0.2, 0.25) is 0 Å². The molecular formula is C46H51N7O7. The average Bonchev–Trinajstić information content (AvgIpc) is 3.58. The molecule has 1 aliphatic carbocycles. The van der Waals surface area contributed by atoms with Crippen molar-refractivity contribution in [3.8, 4) is 22.8 Å². The number of aliphatic imine (C=N–C) groups is 1. The van der Waals surface area contributed by atoms with Crippen LogP contribution < -0.4 is 26.9 Å². The smallest absolute Gasteiger partial charge is 0.341 e. The molecule has 0 radical (unpaired) electrons. The zero-order valence-electron chi connectivity index (χ0n) is 34.5. The van der Waals surface area contributed by atoms with E-state index >= 15 is 0 Å². The number of hydrogen-bond donors (Lipinski definition) is 4. The molecule has 14 nitrogen and oxygen atoms in total. The molecule has 6 aliphatic rings. The van der Waals surface area contributed by atoms with Crippen LogP contribution in [-0.2, 0) is 40.1 Å². The predicted octanol–water partition coefficient (Wildman–Crippen LogP) is 5.54. The van der Waals surface area contributed by atoms with E-state index in [1.165, 1.54) is 11.6 Å². The summed E-state index contributed by atoms with van der Waals surface area (Å²) >= 11 is 0. The number of phenolic OH excluding ortho intramolecular Hbond substituents is 1. The topological polar surface area (TPSA) is 204 Å². The van der Waals surface area contributed by atoms with Gasteiger partial charge in [-0.3, -0.25) is 9.79 Å². The normalized spacial score (nSPS) is 26.0. The van der Waals surface area contributed by atoms with Gasteiger partial charge in [0.25, 0.3) is 0 Å². The van der Waals surface area contributed by atoms with E-state index in [4.69, 9.17) is 40.1 Å². The maximum absolute atomic E-state index is 14.5. The number of aryl methyl sites for hydroxylation is 2. The largest absolute Gasteiger partial charge is 0.507 e. The summed E-state index contributed by atoms with van der Waals surface area (Å²) in [4.78, 5) is 44.1. The van der Waals surface area contributed by atoms with Gasteiger partial charge in [-0.2, -0.15) is 0 Å². The van der Waals surface area contributed by atoms with Crippen molar-refractivity contribution in [3.63, 3.8) is 0 Å². The van der Waals surface area contributed by atoms with Crippen LogP contribution in [0.15, 0.2) is 62.0 Å². The summed E-state index contributed by atoms with van der Waals surface area (Å²) in [6.45, 7) is 7.52. The van der Waals surface area contributed by atoms with Crippen molar-refractivity contribution in [1.82, 2.24) is 20.2 Å². The van der Waals surface area contributed by atoms with E-state index in [2.05, 4.69) is 27.5 Å². The van der Waals surface area contributed by atoms with Gasteiger partial charge in [0.15, 0.2) is 11.0 Å². The number of nitrogen functional groups attached to an aromatic ring is 2. The van der Waals surface area contributed by atoms with Gasteiger partial charge in [-0.1, -0.05) is 0 Å². The van der Waals surface area contributed by atoms with Gasteiger partial charge in [-0.15, -0.1) is 0 Å². The van der Waals surface area contributed by atoms with E-state index in [0.29, 0.717) is 73.9 Å². The van der Waals surface area contributed by atoms with Crippen LogP contribution in [0, 0.1) is 12.8 Å². The number of nitrogens with one attached hydrogen (secondary N) is 1. The molecule has 3 aromatic heterocycles. The monoisotopic (exact) mass is 813 g/mol. The fraction of sp³-hybridized carbons (Fsp3) is 0.457. The number of nitrogens with two attached hydrogens (primary N) is 2. The Morgan fingerprint density at radius 3 is 2.73 bits per heavy atom. The Morgan fingerprint density at radius 1 is 1.08 bits per heavy atom. The summed E-state index contributed by atoms with van der Waals surface area (Å²) < 4.78 is 25.4. The number of esters is 1. The number of rotatable bonds is 7. The second-order valence-corrected chi connectivity index (χ2v) is 17.9. The maximum Gasteiger partial charge on any atom is 0.341 e. The number of allylic oxidation sites excluding steroid dienone is 1. The van der Waals surface area contributed by atoms with Gasteiger partial charge in [0.05, 0.1) is 29.7 Å². The van der Waals surface area contributed by atoms with E-state index in [1.807, 2.05) is 39.3 Å². The van der Waals surface area contributed by atoms with Crippen molar-refractivity contribution in [2.24, 2.45) is 10.9 Å². The van der Waals surface area contributed by atoms with Crippen molar-refractivity contribution >= 4 is 34.8 Å². The first-order valence-corrected chi connectivity index (χ1v) is 21.1. The summed E-state index contributed by atoms with van der Waals surface area (Å²) in [7, 11) is 1.91. The van der Waals surface area contributed by atoms with E-state index in [0.717, 1.165) is 65.1 Å². The summed E-state index contributed by atoms with van der Waals surface area (Å²) in [5.74, 6) is 0.822. The number of fused-ring (bicyclic) bond motifs is 8. The number of ether oxygens (including phenoxy) is 3. The van der Waals surface area contributed by atoms with Crippen LogP contribution in [0.4, 0.5) is 11.6 Å². The lowest BCUT2D eigenvalue weighted by Crippen LogP contribution is -2.52. The van der Waals surface area contributed by atoms with Gasteiger partial charge in [0.2, 0.25) is 0 Å². The number of carbonyl (C=O) groups excluding carboxylic acids is 1. The Labute approximate surface area is 347 Å². The highest BCUT2D eigenvalue weighted by Crippen LogP contribution is 2.54. The SMILES string of the molecule is CNC[C@@H]1CC[C@]2(O[C@@H]2CCc2cc(N)nc3c2CCCc2c-3cc(CN3C=C4N=CC=C4C3)nc2N)C(=O)O[C@@H]2[C@H](C1)c1c(cc3oc(C)cc(=O)c3c1O)OC2(C)C. The summed E-state index contributed by atoms with van der Waals surface area (Å²) in [6.07, 6.45) is 10.3. The number of aromatic nitrogens is 2. The van der Waals surface area contributed by atoms with E-state index in [9.17, 15) is 14.7 Å².